The molecule has 2 aromatic heterocycles. The summed E-state index contributed by atoms with van der Waals surface area (Å²) in [6.45, 7) is 5.91. The van der Waals surface area contributed by atoms with Gasteiger partial charge in [0.25, 0.3) is 5.56 Å². The molecule has 0 amide bonds. The summed E-state index contributed by atoms with van der Waals surface area (Å²) in [6, 6.07) is 26.7. The number of ether oxygens (including phenoxy) is 1. The number of rotatable bonds is 6. The van der Waals surface area contributed by atoms with Crippen LogP contribution in [0.25, 0.3) is 17.0 Å². The first kappa shape index (κ1) is 27.2. The van der Waals surface area contributed by atoms with E-state index in [0.717, 1.165) is 27.6 Å². The van der Waals surface area contributed by atoms with E-state index in [1.54, 1.807) is 25.3 Å². The summed E-state index contributed by atoms with van der Waals surface area (Å²) in [5.41, 5.74) is 4.93. The van der Waals surface area contributed by atoms with Crippen molar-refractivity contribution in [2.45, 2.75) is 39.5 Å². The lowest BCUT2D eigenvalue weighted by Gasteiger charge is -2.25. The third-order valence-corrected chi connectivity index (χ3v) is 8.27. The van der Waals surface area contributed by atoms with Crippen LogP contribution in [0.2, 0.25) is 0 Å². The molecule has 0 saturated carbocycles. The van der Waals surface area contributed by atoms with Gasteiger partial charge in [0.1, 0.15) is 0 Å². The van der Waals surface area contributed by atoms with Gasteiger partial charge < -0.3 is 9.30 Å². The third-order valence-electron chi connectivity index (χ3n) is 7.28. The standard InChI is InChI=1S/C34H28N4O3S/c1-21(2)41-33(40)30-22(3)36-34-38(31(30)23-11-5-4-6-12-23)32(39)29(42-34)17-26-20-37(28-16-10-9-15-27(26)28)19-25-14-8-7-13-24(25)18-35/h4-17,20-21,31H,19H2,1-3H3. The number of esters is 1. The van der Waals surface area contributed by atoms with Gasteiger partial charge in [0.15, 0.2) is 4.80 Å². The lowest BCUT2D eigenvalue weighted by Crippen LogP contribution is -2.40. The molecular formula is C34H28N4O3S. The van der Waals surface area contributed by atoms with Gasteiger partial charge in [0.05, 0.1) is 39.6 Å². The van der Waals surface area contributed by atoms with Gasteiger partial charge in [0.2, 0.25) is 0 Å². The molecule has 42 heavy (non-hydrogen) atoms. The molecule has 208 valence electrons. The molecule has 0 fully saturated rings. The average molecular weight is 573 g/mol. The van der Waals surface area contributed by atoms with Crippen molar-refractivity contribution >= 4 is 34.3 Å². The minimum Gasteiger partial charge on any atom is -0.459 e. The van der Waals surface area contributed by atoms with Crippen molar-refractivity contribution in [3.63, 3.8) is 0 Å². The first-order valence-electron chi connectivity index (χ1n) is 13.7. The predicted molar refractivity (Wildman–Crippen MR) is 164 cm³/mol. The number of hydrogen-bond acceptors (Lipinski definition) is 6. The van der Waals surface area contributed by atoms with Crippen LogP contribution < -0.4 is 14.9 Å². The highest BCUT2D eigenvalue weighted by atomic mass is 32.1. The van der Waals surface area contributed by atoms with Gasteiger partial charge in [0, 0.05) is 29.2 Å². The molecule has 1 unspecified atom stereocenters. The van der Waals surface area contributed by atoms with E-state index in [1.165, 1.54) is 11.3 Å². The number of allylic oxidation sites excluding steroid dienone is 1. The highest BCUT2D eigenvalue weighted by Crippen LogP contribution is 2.31. The van der Waals surface area contributed by atoms with E-state index in [4.69, 9.17) is 9.73 Å². The van der Waals surface area contributed by atoms with Gasteiger partial charge in [-0.1, -0.05) is 78.1 Å². The average Bonchev–Trinajstić information content (AvgIpc) is 3.49. The highest BCUT2D eigenvalue weighted by molar-refractivity contribution is 7.07. The molecule has 8 heteroatoms. The smallest absolute Gasteiger partial charge is 0.338 e. The van der Waals surface area contributed by atoms with Crippen LogP contribution in [0.5, 0.6) is 0 Å². The quantitative estimate of drug-likeness (QED) is 0.266. The number of aromatic nitrogens is 2. The van der Waals surface area contributed by atoms with Gasteiger partial charge in [-0.15, -0.1) is 0 Å². The van der Waals surface area contributed by atoms with Crippen LogP contribution >= 0.6 is 11.3 Å². The Kier molecular flexibility index (Phi) is 7.19. The summed E-state index contributed by atoms with van der Waals surface area (Å²) in [4.78, 5) is 32.6. The second-order valence-corrected chi connectivity index (χ2v) is 11.5. The number of carbonyl (C=O) groups excluding carboxylic acids is 1. The second-order valence-electron chi connectivity index (χ2n) is 10.4. The second kappa shape index (κ2) is 11.1. The first-order valence-corrected chi connectivity index (χ1v) is 14.5. The Labute approximate surface area is 246 Å². The maximum atomic E-state index is 14.1. The minimum absolute atomic E-state index is 0.221. The van der Waals surface area contributed by atoms with E-state index < -0.39 is 12.0 Å². The Morgan fingerprint density at radius 3 is 2.55 bits per heavy atom. The highest BCUT2D eigenvalue weighted by Gasteiger charge is 2.33. The van der Waals surface area contributed by atoms with Crippen LogP contribution in [0.1, 0.15) is 49.1 Å². The van der Waals surface area contributed by atoms with E-state index in [2.05, 4.69) is 10.6 Å². The van der Waals surface area contributed by atoms with Gasteiger partial charge in [-0.05, 0) is 50.1 Å². The van der Waals surface area contributed by atoms with Gasteiger partial charge in [-0.3, -0.25) is 9.36 Å². The Hall–Kier alpha value is -5.00. The molecule has 0 radical (unpaired) electrons. The zero-order chi connectivity index (χ0) is 29.4. The Bertz CT molecular complexity index is 2090. The zero-order valence-electron chi connectivity index (χ0n) is 23.4. The SMILES string of the molecule is CC1=C(C(=O)OC(C)C)C(c2ccccc2)n2c(sc(=Cc3cn(Cc4ccccc4C#N)c4ccccc34)c2=O)=N1. The third kappa shape index (κ3) is 4.89. The largest absolute Gasteiger partial charge is 0.459 e. The van der Waals surface area contributed by atoms with Crippen LogP contribution in [0.15, 0.2) is 106 Å². The number of benzene rings is 3. The molecule has 1 aliphatic rings. The number of thiazole rings is 1. The fourth-order valence-corrected chi connectivity index (χ4v) is 6.46. The van der Waals surface area contributed by atoms with Crippen LogP contribution in [0, 0.1) is 11.3 Å². The number of nitrogens with zero attached hydrogens (tertiary/aromatic N) is 4. The van der Waals surface area contributed by atoms with Crippen molar-refractivity contribution in [2.24, 2.45) is 4.99 Å². The summed E-state index contributed by atoms with van der Waals surface area (Å²) >= 11 is 1.30. The van der Waals surface area contributed by atoms with Gasteiger partial charge in [-0.25, -0.2) is 9.79 Å². The Morgan fingerprint density at radius 2 is 1.79 bits per heavy atom. The molecule has 0 aliphatic carbocycles. The molecule has 3 aromatic carbocycles. The van der Waals surface area contributed by atoms with E-state index in [0.29, 0.717) is 32.7 Å². The van der Waals surface area contributed by atoms with Crippen LogP contribution in [0.4, 0.5) is 0 Å². The van der Waals surface area contributed by atoms with Crippen molar-refractivity contribution in [3.8, 4) is 6.07 Å². The molecule has 0 saturated heterocycles. The monoisotopic (exact) mass is 572 g/mol. The lowest BCUT2D eigenvalue weighted by atomic mass is 9.96. The van der Waals surface area contributed by atoms with Crippen molar-refractivity contribution in [3.05, 3.63) is 138 Å². The van der Waals surface area contributed by atoms with Crippen molar-refractivity contribution < 1.29 is 9.53 Å². The van der Waals surface area contributed by atoms with Crippen LogP contribution in [-0.2, 0) is 16.1 Å². The summed E-state index contributed by atoms with van der Waals surface area (Å²) in [5, 5.41) is 10.6. The topological polar surface area (TPSA) is 89.4 Å². The summed E-state index contributed by atoms with van der Waals surface area (Å²) in [6.07, 6.45) is 3.60. The summed E-state index contributed by atoms with van der Waals surface area (Å²) in [7, 11) is 0. The molecule has 3 heterocycles. The van der Waals surface area contributed by atoms with E-state index >= 15 is 0 Å². The molecule has 0 N–H and O–H groups in total. The van der Waals surface area contributed by atoms with E-state index in [9.17, 15) is 14.9 Å². The number of para-hydroxylation sites is 1. The van der Waals surface area contributed by atoms with Gasteiger partial charge >= 0.3 is 5.97 Å². The van der Waals surface area contributed by atoms with Crippen molar-refractivity contribution in [1.82, 2.24) is 9.13 Å². The maximum Gasteiger partial charge on any atom is 0.338 e. The Morgan fingerprint density at radius 1 is 1.07 bits per heavy atom. The number of fused-ring (bicyclic) bond motifs is 2. The maximum absolute atomic E-state index is 14.1. The number of hydrogen-bond donors (Lipinski definition) is 0. The number of carbonyl (C=O) groups is 1. The van der Waals surface area contributed by atoms with Crippen molar-refractivity contribution in [1.29, 1.82) is 5.26 Å². The molecular weight excluding hydrogens is 544 g/mol. The van der Waals surface area contributed by atoms with Crippen molar-refractivity contribution in [2.75, 3.05) is 0 Å². The fraction of sp³-hybridized carbons (Fsp3) is 0.176. The Balaban J connectivity index is 1.51. The molecule has 5 aromatic rings. The number of nitriles is 1. The van der Waals surface area contributed by atoms with E-state index in [1.807, 2.05) is 91.1 Å². The first-order chi connectivity index (χ1) is 20.4. The van der Waals surface area contributed by atoms with E-state index in [-0.39, 0.29) is 11.7 Å². The normalized spacial score (nSPS) is 15.0. The molecule has 7 nitrogen and oxygen atoms in total. The summed E-state index contributed by atoms with van der Waals surface area (Å²) in [5.74, 6) is -0.477. The molecule has 1 aliphatic heterocycles. The fourth-order valence-electron chi connectivity index (χ4n) is 5.42. The summed E-state index contributed by atoms with van der Waals surface area (Å²) < 4.78 is 9.81. The van der Waals surface area contributed by atoms with Crippen LogP contribution in [0.3, 0.4) is 0 Å². The molecule has 0 spiro atoms. The zero-order valence-corrected chi connectivity index (χ0v) is 24.3. The molecule has 6 rings (SSSR count). The lowest BCUT2D eigenvalue weighted by molar-refractivity contribution is -0.143. The van der Waals surface area contributed by atoms with Gasteiger partial charge in [-0.2, -0.15) is 5.26 Å². The molecule has 0 bridgehead atoms. The molecule has 1 atom stereocenters. The minimum atomic E-state index is -0.653. The van der Waals surface area contributed by atoms with Crippen LogP contribution in [-0.4, -0.2) is 21.2 Å². The predicted octanol–water partition coefficient (Wildman–Crippen LogP) is 5.06.